The van der Waals surface area contributed by atoms with E-state index >= 15 is 0 Å². The van der Waals surface area contributed by atoms with E-state index in [9.17, 15) is 18.0 Å². The van der Waals surface area contributed by atoms with E-state index in [1.165, 1.54) is 0 Å². The molecule has 0 rings (SSSR count). The summed E-state index contributed by atoms with van der Waals surface area (Å²) in [6, 6.07) is -1.06. The second-order valence-corrected chi connectivity index (χ2v) is 4.08. The minimum absolute atomic E-state index is 0.0231. The smallest absolute Gasteiger partial charge is 0.320 e. The Hall–Kier alpha value is -1.19. The topological polar surface area (TPSA) is 155 Å². The summed E-state index contributed by atoms with van der Waals surface area (Å²) in [4.78, 5) is 19.9. The molecule has 0 saturated heterocycles. The molecule has 1 unspecified atom stereocenters. The van der Waals surface area contributed by atoms with Gasteiger partial charge in [-0.05, 0) is 6.42 Å². The van der Waals surface area contributed by atoms with Crippen molar-refractivity contribution in [3.8, 4) is 0 Å². The first-order chi connectivity index (χ1) is 6.54. The molecule has 9 heteroatoms. The second-order valence-electron chi connectivity index (χ2n) is 2.61. The SMILES string of the molecule is CS(=O)(=O)O.NC(CCC(=O)O)C(=O)O. The van der Waals surface area contributed by atoms with Gasteiger partial charge in [0.25, 0.3) is 10.1 Å². The third-order valence-corrected chi connectivity index (χ3v) is 0.986. The molecule has 0 bridgehead atoms. The average Bonchev–Trinajstić information content (AvgIpc) is 1.96. The molecular weight excluding hydrogens is 230 g/mol. The van der Waals surface area contributed by atoms with Gasteiger partial charge in [-0.25, -0.2) is 0 Å². The molecule has 0 aromatic carbocycles. The third-order valence-electron chi connectivity index (χ3n) is 0.986. The Morgan fingerprint density at radius 1 is 1.33 bits per heavy atom. The van der Waals surface area contributed by atoms with Gasteiger partial charge in [0.05, 0.1) is 6.26 Å². The molecule has 90 valence electrons. The molecule has 0 heterocycles. The van der Waals surface area contributed by atoms with Crippen molar-refractivity contribution < 1.29 is 32.8 Å². The van der Waals surface area contributed by atoms with Crippen molar-refractivity contribution in [3.63, 3.8) is 0 Å². The van der Waals surface area contributed by atoms with E-state index in [4.69, 9.17) is 20.5 Å². The average molecular weight is 243 g/mol. The zero-order valence-corrected chi connectivity index (χ0v) is 8.77. The van der Waals surface area contributed by atoms with Crippen LogP contribution in [0, 0.1) is 0 Å². The molecule has 0 aliphatic heterocycles. The molecule has 0 aliphatic rings. The lowest BCUT2D eigenvalue weighted by Crippen LogP contribution is -2.30. The molecule has 0 aromatic heterocycles. The zero-order chi connectivity index (χ0) is 12.6. The van der Waals surface area contributed by atoms with Crippen LogP contribution >= 0.6 is 0 Å². The number of aliphatic carboxylic acids is 2. The van der Waals surface area contributed by atoms with Crippen LogP contribution in [0.1, 0.15) is 12.8 Å². The monoisotopic (exact) mass is 243 g/mol. The highest BCUT2D eigenvalue weighted by Crippen LogP contribution is 1.93. The molecule has 0 saturated carbocycles. The summed E-state index contributed by atoms with van der Waals surface area (Å²) in [5, 5.41) is 16.3. The number of rotatable bonds is 4. The van der Waals surface area contributed by atoms with Crippen molar-refractivity contribution in [1.29, 1.82) is 0 Å². The normalized spacial score (nSPS) is 12.2. The van der Waals surface area contributed by atoms with Crippen molar-refractivity contribution in [2.24, 2.45) is 5.73 Å². The highest BCUT2D eigenvalue weighted by Gasteiger charge is 2.12. The fraction of sp³-hybridized carbons (Fsp3) is 0.667. The zero-order valence-electron chi connectivity index (χ0n) is 7.95. The van der Waals surface area contributed by atoms with Gasteiger partial charge < -0.3 is 15.9 Å². The van der Waals surface area contributed by atoms with Crippen LogP contribution in [-0.4, -0.2) is 47.4 Å². The molecule has 0 aromatic rings. The Morgan fingerprint density at radius 3 is 1.87 bits per heavy atom. The molecule has 0 amide bonds. The molecule has 8 nitrogen and oxygen atoms in total. The largest absolute Gasteiger partial charge is 0.481 e. The van der Waals surface area contributed by atoms with Crippen molar-refractivity contribution in [2.45, 2.75) is 18.9 Å². The van der Waals surface area contributed by atoms with Crippen LogP contribution in [0.15, 0.2) is 0 Å². The Morgan fingerprint density at radius 2 is 1.67 bits per heavy atom. The number of hydrogen-bond acceptors (Lipinski definition) is 5. The van der Waals surface area contributed by atoms with Gasteiger partial charge in [-0.3, -0.25) is 14.1 Å². The summed E-state index contributed by atoms with van der Waals surface area (Å²) in [7, 11) is -3.67. The summed E-state index contributed by atoms with van der Waals surface area (Å²) in [5.74, 6) is -2.20. The maximum atomic E-state index is 9.99. The number of carboxylic acid groups (broad SMARTS) is 2. The van der Waals surface area contributed by atoms with E-state index in [1.54, 1.807) is 0 Å². The summed E-state index contributed by atoms with van der Waals surface area (Å²) < 4.78 is 25.9. The fourth-order valence-electron chi connectivity index (χ4n) is 0.402. The molecule has 0 fully saturated rings. The molecular formula is C6H13NO7S. The predicted octanol–water partition coefficient (Wildman–Crippen LogP) is -1.23. The van der Waals surface area contributed by atoms with E-state index in [0.717, 1.165) is 0 Å². The maximum absolute atomic E-state index is 9.99. The van der Waals surface area contributed by atoms with Crippen molar-refractivity contribution in [3.05, 3.63) is 0 Å². The Kier molecular flexibility index (Phi) is 7.74. The molecule has 5 N–H and O–H groups in total. The third kappa shape index (κ3) is 24.5. The number of carboxylic acids is 2. The van der Waals surface area contributed by atoms with Crippen LogP contribution in [0.2, 0.25) is 0 Å². The second kappa shape index (κ2) is 7.15. The van der Waals surface area contributed by atoms with Crippen LogP contribution in [0.3, 0.4) is 0 Å². The standard InChI is InChI=1S/C5H9NO4.CH4O3S/c6-3(5(9)10)1-2-4(7)8;1-5(2,3)4/h3H,1-2,6H2,(H,7,8)(H,9,10);1H3,(H,2,3,4). The molecule has 0 spiro atoms. The van der Waals surface area contributed by atoms with Crippen molar-refractivity contribution in [1.82, 2.24) is 0 Å². The minimum Gasteiger partial charge on any atom is -0.481 e. The van der Waals surface area contributed by atoms with Gasteiger partial charge in [-0.1, -0.05) is 0 Å². The van der Waals surface area contributed by atoms with Gasteiger partial charge >= 0.3 is 11.9 Å². The summed E-state index contributed by atoms with van der Waals surface area (Å²) >= 11 is 0. The van der Waals surface area contributed by atoms with Gasteiger partial charge in [0.15, 0.2) is 0 Å². The molecule has 0 radical (unpaired) electrons. The van der Waals surface area contributed by atoms with Crippen molar-refractivity contribution >= 4 is 22.1 Å². The molecule has 0 aliphatic carbocycles. The van der Waals surface area contributed by atoms with E-state index in [2.05, 4.69) is 0 Å². The lowest BCUT2D eigenvalue weighted by molar-refractivity contribution is -0.139. The summed E-state index contributed by atoms with van der Waals surface area (Å²) in [6.45, 7) is 0. The van der Waals surface area contributed by atoms with Gasteiger partial charge in [0, 0.05) is 6.42 Å². The Bertz CT molecular complexity index is 301. The van der Waals surface area contributed by atoms with Gasteiger partial charge in [0.2, 0.25) is 0 Å². The lowest BCUT2D eigenvalue weighted by atomic mass is 10.2. The van der Waals surface area contributed by atoms with Crippen LogP contribution in [0.5, 0.6) is 0 Å². The van der Waals surface area contributed by atoms with Crippen LogP contribution < -0.4 is 5.73 Å². The fourth-order valence-corrected chi connectivity index (χ4v) is 0.402. The number of hydrogen-bond donors (Lipinski definition) is 4. The Balaban J connectivity index is 0. The summed E-state index contributed by atoms with van der Waals surface area (Å²) in [5.41, 5.74) is 5.00. The van der Waals surface area contributed by atoms with E-state index in [0.29, 0.717) is 6.26 Å². The lowest BCUT2D eigenvalue weighted by Gasteiger charge is -2.01. The van der Waals surface area contributed by atoms with Crippen LogP contribution in [0.4, 0.5) is 0 Å². The van der Waals surface area contributed by atoms with Gasteiger partial charge in [0.1, 0.15) is 6.04 Å². The first kappa shape index (κ1) is 16.2. The van der Waals surface area contributed by atoms with E-state index in [1.807, 2.05) is 0 Å². The number of nitrogens with two attached hydrogens (primary N) is 1. The summed E-state index contributed by atoms with van der Waals surface area (Å²) in [6.07, 6.45) is 0.491. The molecule has 1 atom stereocenters. The van der Waals surface area contributed by atoms with Gasteiger partial charge in [-0.15, -0.1) is 0 Å². The van der Waals surface area contributed by atoms with E-state index < -0.39 is 28.1 Å². The highest BCUT2D eigenvalue weighted by molar-refractivity contribution is 7.85. The van der Waals surface area contributed by atoms with Crippen LogP contribution in [0.25, 0.3) is 0 Å². The van der Waals surface area contributed by atoms with Crippen LogP contribution in [-0.2, 0) is 19.7 Å². The van der Waals surface area contributed by atoms with Gasteiger partial charge in [-0.2, -0.15) is 8.42 Å². The van der Waals surface area contributed by atoms with Crippen molar-refractivity contribution in [2.75, 3.05) is 6.26 Å². The van der Waals surface area contributed by atoms with E-state index in [-0.39, 0.29) is 12.8 Å². The molecule has 15 heavy (non-hydrogen) atoms. The Labute approximate surface area is 86.4 Å². The maximum Gasteiger partial charge on any atom is 0.320 e. The first-order valence-corrected chi connectivity index (χ1v) is 5.51. The minimum atomic E-state index is -3.67. The number of carbonyl (C=O) groups is 2. The predicted molar refractivity (Wildman–Crippen MR) is 50.0 cm³/mol. The quantitative estimate of drug-likeness (QED) is 0.447. The highest BCUT2D eigenvalue weighted by atomic mass is 32.2. The first-order valence-electron chi connectivity index (χ1n) is 3.66.